The molecule has 10 heteroatoms. The molecule has 3 heterocycles. The maximum Gasteiger partial charge on any atom is 0.321 e. The molecular formula is C22H26N6O3S. The molecule has 2 aromatic heterocycles. The van der Waals surface area contributed by atoms with Crippen LogP contribution in [0, 0.1) is 5.92 Å². The summed E-state index contributed by atoms with van der Waals surface area (Å²) in [5, 5.41) is 15.2. The van der Waals surface area contributed by atoms with E-state index in [4.69, 9.17) is 4.98 Å². The van der Waals surface area contributed by atoms with Crippen LogP contribution in [0.4, 0.5) is 15.9 Å². The Morgan fingerprint density at radius 1 is 1.22 bits per heavy atom. The van der Waals surface area contributed by atoms with E-state index in [1.165, 1.54) is 11.3 Å². The quantitative estimate of drug-likeness (QED) is 0.519. The molecule has 1 aliphatic heterocycles. The Bertz CT molecular complexity index is 1140. The Kier molecular flexibility index (Phi) is 6.50. The zero-order valence-electron chi connectivity index (χ0n) is 18.1. The number of carboxylic acid groups (broad SMARTS) is 1. The van der Waals surface area contributed by atoms with E-state index >= 15 is 0 Å². The van der Waals surface area contributed by atoms with E-state index in [0.717, 1.165) is 33.5 Å². The predicted molar refractivity (Wildman–Crippen MR) is 125 cm³/mol. The summed E-state index contributed by atoms with van der Waals surface area (Å²) in [4.78, 5) is 38.9. The van der Waals surface area contributed by atoms with E-state index in [1.807, 2.05) is 31.3 Å². The molecule has 3 aromatic rings. The lowest BCUT2D eigenvalue weighted by atomic mass is 9.97. The second-order valence-electron chi connectivity index (χ2n) is 7.67. The number of aliphatic carboxylic acids is 1. The van der Waals surface area contributed by atoms with E-state index in [9.17, 15) is 14.7 Å². The molecule has 0 radical (unpaired) electrons. The first-order chi connectivity index (χ1) is 15.5. The lowest BCUT2D eigenvalue weighted by molar-refractivity contribution is -0.142. The molecule has 0 saturated carbocycles. The number of carboxylic acids is 1. The van der Waals surface area contributed by atoms with Gasteiger partial charge in [-0.1, -0.05) is 24.3 Å². The van der Waals surface area contributed by atoms with E-state index in [0.29, 0.717) is 43.6 Å². The molecule has 9 nitrogen and oxygen atoms in total. The van der Waals surface area contributed by atoms with Crippen LogP contribution in [0.1, 0.15) is 32.4 Å². The number of aromatic nitrogens is 3. The van der Waals surface area contributed by atoms with Crippen LogP contribution in [0.25, 0.3) is 21.3 Å². The molecule has 3 N–H and O–H groups in total. The molecule has 0 unspecified atom stereocenters. The third kappa shape index (κ3) is 4.64. The van der Waals surface area contributed by atoms with Gasteiger partial charge >= 0.3 is 12.0 Å². The SMILES string of the molecule is CCNC(=O)Nc1nc2cc(-c3cnc(N4CCC(C(=O)O)CC4)nc3CC)ccc2s1. The van der Waals surface area contributed by atoms with Crippen LogP contribution in [0.5, 0.6) is 0 Å². The van der Waals surface area contributed by atoms with Crippen LogP contribution in [-0.2, 0) is 11.2 Å². The molecule has 4 rings (SSSR count). The number of benzene rings is 1. The summed E-state index contributed by atoms with van der Waals surface area (Å²) < 4.78 is 0.984. The minimum atomic E-state index is -0.725. The molecule has 0 spiro atoms. The first-order valence-corrected chi connectivity index (χ1v) is 11.6. The number of rotatable bonds is 6. The normalized spacial score (nSPS) is 14.5. The Morgan fingerprint density at radius 2 is 2.00 bits per heavy atom. The van der Waals surface area contributed by atoms with Crippen molar-refractivity contribution in [1.29, 1.82) is 0 Å². The van der Waals surface area contributed by atoms with Crippen LogP contribution in [0.15, 0.2) is 24.4 Å². The summed E-state index contributed by atoms with van der Waals surface area (Å²) >= 11 is 1.43. The number of thiazole rings is 1. The van der Waals surface area contributed by atoms with Crippen molar-refractivity contribution < 1.29 is 14.7 Å². The van der Waals surface area contributed by atoms with Crippen LogP contribution in [-0.4, -0.2) is 51.7 Å². The fourth-order valence-electron chi connectivity index (χ4n) is 3.85. The van der Waals surface area contributed by atoms with Crippen LogP contribution >= 0.6 is 11.3 Å². The van der Waals surface area contributed by atoms with Gasteiger partial charge < -0.3 is 15.3 Å². The van der Waals surface area contributed by atoms with E-state index < -0.39 is 5.97 Å². The molecular weight excluding hydrogens is 428 g/mol. The minimum absolute atomic E-state index is 0.267. The monoisotopic (exact) mass is 454 g/mol. The second-order valence-corrected chi connectivity index (χ2v) is 8.70. The lowest BCUT2D eigenvalue weighted by Crippen LogP contribution is -2.37. The molecule has 0 aliphatic carbocycles. The van der Waals surface area contributed by atoms with Gasteiger partial charge in [-0.05, 0) is 43.9 Å². The molecule has 2 amide bonds. The van der Waals surface area contributed by atoms with Gasteiger partial charge in [0, 0.05) is 31.4 Å². The van der Waals surface area contributed by atoms with E-state index in [1.54, 1.807) is 0 Å². The van der Waals surface area contributed by atoms with Crippen LogP contribution in [0.3, 0.4) is 0 Å². The fraction of sp³-hybridized carbons (Fsp3) is 0.409. The zero-order valence-corrected chi connectivity index (χ0v) is 18.9. The Hall–Kier alpha value is -3.27. The van der Waals surface area contributed by atoms with Crippen molar-refractivity contribution in [3.63, 3.8) is 0 Å². The smallest absolute Gasteiger partial charge is 0.321 e. The Balaban J connectivity index is 1.56. The van der Waals surface area contributed by atoms with Crippen LogP contribution < -0.4 is 15.5 Å². The first kappa shape index (κ1) is 21.9. The molecule has 0 atom stereocenters. The highest BCUT2D eigenvalue weighted by molar-refractivity contribution is 7.22. The number of carbonyl (C=O) groups is 2. The number of urea groups is 1. The average molecular weight is 455 g/mol. The van der Waals surface area contributed by atoms with E-state index in [2.05, 4.69) is 32.4 Å². The number of hydrogen-bond donors (Lipinski definition) is 3. The van der Waals surface area contributed by atoms with Crippen molar-refractivity contribution in [3.05, 3.63) is 30.1 Å². The van der Waals surface area contributed by atoms with Gasteiger partial charge in [0.1, 0.15) is 0 Å². The highest BCUT2D eigenvalue weighted by Crippen LogP contribution is 2.32. The van der Waals surface area contributed by atoms with Crippen molar-refractivity contribution in [2.24, 2.45) is 5.92 Å². The third-order valence-corrected chi connectivity index (χ3v) is 6.53. The van der Waals surface area contributed by atoms with Crippen molar-refractivity contribution in [2.75, 3.05) is 29.9 Å². The Labute approximate surface area is 189 Å². The predicted octanol–water partition coefficient (Wildman–Crippen LogP) is 3.76. The fourth-order valence-corrected chi connectivity index (χ4v) is 4.69. The van der Waals surface area contributed by atoms with Gasteiger partial charge in [0.2, 0.25) is 5.95 Å². The molecule has 168 valence electrons. The van der Waals surface area contributed by atoms with Gasteiger partial charge in [0.25, 0.3) is 0 Å². The topological polar surface area (TPSA) is 120 Å². The van der Waals surface area contributed by atoms with E-state index in [-0.39, 0.29) is 11.9 Å². The van der Waals surface area contributed by atoms with Crippen LogP contribution in [0.2, 0.25) is 0 Å². The zero-order chi connectivity index (χ0) is 22.7. The van der Waals surface area contributed by atoms with Gasteiger partial charge in [-0.25, -0.2) is 19.7 Å². The summed E-state index contributed by atoms with van der Waals surface area (Å²) in [6.07, 6.45) is 3.80. The second kappa shape index (κ2) is 9.47. The van der Waals surface area contributed by atoms with Crippen molar-refractivity contribution in [2.45, 2.75) is 33.1 Å². The maximum atomic E-state index is 11.8. The number of fused-ring (bicyclic) bond motifs is 1. The number of nitrogens with zero attached hydrogens (tertiary/aromatic N) is 4. The summed E-state index contributed by atoms with van der Waals surface area (Å²) in [7, 11) is 0. The highest BCUT2D eigenvalue weighted by atomic mass is 32.1. The molecule has 1 fully saturated rings. The maximum absolute atomic E-state index is 11.8. The van der Waals surface area contributed by atoms with Gasteiger partial charge in [-0.15, -0.1) is 0 Å². The molecule has 0 bridgehead atoms. The number of carbonyl (C=O) groups excluding carboxylic acids is 1. The molecule has 32 heavy (non-hydrogen) atoms. The van der Waals surface area contributed by atoms with Crippen molar-refractivity contribution in [3.8, 4) is 11.1 Å². The van der Waals surface area contributed by atoms with Gasteiger partial charge in [-0.3, -0.25) is 10.1 Å². The number of aryl methyl sites for hydroxylation is 1. The number of anilines is 2. The lowest BCUT2D eigenvalue weighted by Gasteiger charge is -2.30. The third-order valence-electron chi connectivity index (χ3n) is 5.57. The molecule has 1 aromatic carbocycles. The van der Waals surface area contributed by atoms with Crippen molar-refractivity contribution >= 4 is 44.6 Å². The highest BCUT2D eigenvalue weighted by Gasteiger charge is 2.26. The number of nitrogens with one attached hydrogen (secondary N) is 2. The number of hydrogen-bond acceptors (Lipinski definition) is 7. The van der Waals surface area contributed by atoms with Gasteiger partial charge in [-0.2, -0.15) is 0 Å². The summed E-state index contributed by atoms with van der Waals surface area (Å²) in [6.45, 7) is 5.76. The number of piperidine rings is 1. The van der Waals surface area contributed by atoms with Gasteiger partial charge in [0.05, 0.1) is 21.8 Å². The Morgan fingerprint density at radius 3 is 2.69 bits per heavy atom. The summed E-state index contributed by atoms with van der Waals surface area (Å²) in [6, 6.07) is 5.74. The number of amides is 2. The standard InChI is InChI=1S/C22H26N6O3S/c1-3-16-15(12-24-20(25-16)28-9-7-13(8-10-28)19(29)30)14-5-6-18-17(11-14)26-22(32-18)27-21(31)23-4-2/h5-6,11-13H,3-4,7-10H2,1-2H3,(H,29,30)(H2,23,26,27,31). The minimum Gasteiger partial charge on any atom is -0.481 e. The molecule has 1 saturated heterocycles. The summed E-state index contributed by atoms with van der Waals surface area (Å²) in [5.74, 6) is -0.358. The molecule has 1 aliphatic rings. The largest absolute Gasteiger partial charge is 0.481 e. The van der Waals surface area contributed by atoms with Gasteiger partial charge in [0.15, 0.2) is 5.13 Å². The first-order valence-electron chi connectivity index (χ1n) is 10.8. The van der Waals surface area contributed by atoms with Crippen molar-refractivity contribution in [1.82, 2.24) is 20.3 Å². The summed E-state index contributed by atoms with van der Waals surface area (Å²) in [5.41, 5.74) is 3.66. The average Bonchev–Trinajstić information content (AvgIpc) is 3.20.